The predicted octanol–water partition coefficient (Wildman–Crippen LogP) is 4.05. The topological polar surface area (TPSA) is 92.8 Å². The van der Waals surface area contributed by atoms with E-state index in [-0.39, 0.29) is 65.2 Å². The minimum absolute atomic E-state index is 0.0367. The van der Waals surface area contributed by atoms with Crippen molar-refractivity contribution in [3.8, 4) is 0 Å². The van der Waals surface area contributed by atoms with Crippen molar-refractivity contribution in [3.63, 3.8) is 0 Å². The van der Waals surface area contributed by atoms with Gasteiger partial charge in [-0.05, 0) is 86.0 Å². The first-order chi connectivity index (χ1) is 17.3. The van der Waals surface area contributed by atoms with Crippen molar-refractivity contribution in [1.82, 2.24) is 4.90 Å². The zero-order chi connectivity index (χ0) is 25.1. The molecule has 2 bridgehead atoms. The lowest BCUT2D eigenvalue weighted by Crippen LogP contribution is -2.44. The molecule has 0 unspecified atom stereocenters. The molecular weight excluding hydrogens is 456 g/mol. The van der Waals surface area contributed by atoms with E-state index in [1.165, 1.54) is 6.42 Å². The molecule has 1 N–H and O–H groups in total. The highest BCUT2D eigenvalue weighted by atomic mass is 16.5. The molecule has 6 aliphatic rings. The van der Waals surface area contributed by atoms with Crippen LogP contribution in [0.25, 0.3) is 0 Å². The maximum atomic E-state index is 13.4. The van der Waals surface area contributed by atoms with Crippen molar-refractivity contribution in [3.05, 3.63) is 42.0 Å². The lowest BCUT2D eigenvalue weighted by molar-refractivity contribution is -0.144. The van der Waals surface area contributed by atoms with E-state index in [2.05, 4.69) is 17.5 Å². The molecule has 1 aliphatic heterocycles. The molecule has 3 amide bonds. The van der Waals surface area contributed by atoms with Crippen LogP contribution in [0.2, 0.25) is 0 Å². The van der Waals surface area contributed by atoms with Crippen LogP contribution >= 0.6 is 0 Å². The SMILES string of the molecule is CC(C)COC(=O)c1ccc(NC(=O)C2CCC(N3C(=O)[C@@H]4[C@H]5C=C[C@@H]([C@@H]6C[C@H]56)[C@@H]4C3=O)CC2)cc1. The number of amides is 3. The highest BCUT2D eigenvalue weighted by Gasteiger charge is 2.67. The second-order valence-corrected chi connectivity index (χ2v) is 11.8. The summed E-state index contributed by atoms with van der Waals surface area (Å²) in [5.41, 5.74) is 1.09. The fourth-order valence-electron chi connectivity index (χ4n) is 7.20. The summed E-state index contributed by atoms with van der Waals surface area (Å²) >= 11 is 0. The molecule has 1 heterocycles. The Kier molecular flexibility index (Phi) is 5.77. The molecule has 36 heavy (non-hydrogen) atoms. The molecule has 0 aromatic heterocycles. The summed E-state index contributed by atoms with van der Waals surface area (Å²) in [6.45, 7) is 4.33. The van der Waals surface area contributed by atoms with Gasteiger partial charge in [-0.25, -0.2) is 4.79 Å². The molecule has 1 aromatic carbocycles. The molecule has 1 aromatic rings. The maximum absolute atomic E-state index is 13.4. The third kappa shape index (κ3) is 3.87. The fourth-order valence-corrected chi connectivity index (χ4v) is 7.20. The highest BCUT2D eigenvalue weighted by Crippen LogP contribution is 2.65. The molecule has 7 nitrogen and oxygen atoms in total. The van der Waals surface area contributed by atoms with Crippen LogP contribution in [0.1, 0.15) is 56.3 Å². The number of nitrogens with zero attached hydrogens (tertiary/aromatic N) is 1. The highest BCUT2D eigenvalue weighted by molar-refractivity contribution is 6.06. The number of rotatable bonds is 6. The standard InChI is InChI=1S/C29H34N2O5/c1-15(2)14-36-29(35)17-3-7-18(8-4-17)30-26(32)16-5-9-19(10-6-16)31-27(33)24-20-11-12-21(23-13-22(20)23)25(24)28(31)34/h3-4,7-8,11-12,15-16,19-25H,5-6,9-10,13-14H2,1-2H3,(H,30,32)/t16?,19?,20-,21-,22-,23+,24-,25+/m0/s1. The molecule has 190 valence electrons. The first kappa shape index (κ1) is 23.4. The average molecular weight is 491 g/mol. The number of imide groups is 1. The number of nitrogens with one attached hydrogen (secondary N) is 1. The van der Waals surface area contributed by atoms with Crippen LogP contribution in [0, 0.1) is 47.3 Å². The molecule has 7 heteroatoms. The van der Waals surface area contributed by atoms with Crippen LogP contribution < -0.4 is 5.32 Å². The van der Waals surface area contributed by atoms with Crippen molar-refractivity contribution in [1.29, 1.82) is 0 Å². The molecular formula is C29H34N2O5. The average Bonchev–Trinajstić information content (AvgIpc) is 3.66. The largest absolute Gasteiger partial charge is 0.462 e. The van der Waals surface area contributed by atoms with Crippen LogP contribution in [0.3, 0.4) is 0 Å². The number of carbonyl (C=O) groups excluding carboxylic acids is 4. The summed E-state index contributed by atoms with van der Waals surface area (Å²) in [5.74, 6) is 1.17. The van der Waals surface area contributed by atoms with Gasteiger partial charge in [0.25, 0.3) is 0 Å². The van der Waals surface area contributed by atoms with Crippen molar-refractivity contribution in [2.45, 2.75) is 52.0 Å². The molecule has 4 fully saturated rings. The maximum Gasteiger partial charge on any atom is 0.338 e. The number of ether oxygens (including phenoxy) is 1. The van der Waals surface area contributed by atoms with Crippen LogP contribution in [-0.4, -0.2) is 41.2 Å². The molecule has 1 saturated heterocycles. The Morgan fingerprint density at radius 1 is 0.944 bits per heavy atom. The zero-order valence-electron chi connectivity index (χ0n) is 20.9. The summed E-state index contributed by atoms with van der Waals surface area (Å²) in [6.07, 6.45) is 8.23. The Balaban J connectivity index is 1.03. The van der Waals surface area contributed by atoms with Crippen LogP contribution in [0.4, 0.5) is 5.69 Å². The van der Waals surface area contributed by atoms with Gasteiger partial charge in [-0.3, -0.25) is 19.3 Å². The lowest BCUT2D eigenvalue weighted by atomic mass is 9.63. The Hall–Kier alpha value is -2.96. The second-order valence-electron chi connectivity index (χ2n) is 11.8. The molecule has 0 spiro atoms. The third-order valence-electron chi connectivity index (χ3n) is 9.07. The van der Waals surface area contributed by atoms with E-state index < -0.39 is 0 Å². The number of esters is 1. The summed E-state index contributed by atoms with van der Waals surface area (Å²) in [6, 6.07) is 6.65. The van der Waals surface area contributed by atoms with Crippen molar-refractivity contribution in [2.24, 2.45) is 47.3 Å². The number of allylic oxidation sites excluding steroid dienone is 2. The Labute approximate surface area is 211 Å². The van der Waals surface area contributed by atoms with E-state index in [1.54, 1.807) is 29.2 Å². The number of benzene rings is 1. The van der Waals surface area contributed by atoms with E-state index in [0.717, 1.165) is 0 Å². The van der Waals surface area contributed by atoms with Crippen molar-refractivity contribution < 1.29 is 23.9 Å². The van der Waals surface area contributed by atoms with E-state index in [1.807, 2.05) is 13.8 Å². The van der Waals surface area contributed by atoms with Gasteiger partial charge in [-0.2, -0.15) is 0 Å². The summed E-state index contributed by atoms with van der Waals surface area (Å²) < 4.78 is 5.24. The van der Waals surface area contributed by atoms with Gasteiger partial charge in [0.15, 0.2) is 0 Å². The zero-order valence-corrected chi connectivity index (χ0v) is 20.9. The second kappa shape index (κ2) is 8.86. The summed E-state index contributed by atoms with van der Waals surface area (Å²) in [4.78, 5) is 53.3. The predicted molar refractivity (Wildman–Crippen MR) is 132 cm³/mol. The molecule has 7 rings (SSSR count). The summed E-state index contributed by atoms with van der Waals surface area (Å²) in [7, 11) is 0. The monoisotopic (exact) mass is 490 g/mol. The number of carbonyl (C=O) groups is 4. The molecule has 5 aliphatic carbocycles. The van der Waals surface area contributed by atoms with E-state index >= 15 is 0 Å². The van der Waals surface area contributed by atoms with Crippen molar-refractivity contribution in [2.75, 3.05) is 11.9 Å². The third-order valence-corrected chi connectivity index (χ3v) is 9.07. The number of hydrogen-bond acceptors (Lipinski definition) is 5. The van der Waals surface area contributed by atoms with Gasteiger partial charge in [0.05, 0.1) is 24.0 Å². The van der Waals surface area contributed by atoms with Crippen LogP contribution in [-0.2, 0) is 19.1 Å². The Morgan fingerprint density at radius 3 is 2.08 bits per heavy atom. The number of likely N-dealkylation sites (tertiary alicyclic amines) is 1. The first-order valence-electron chi connectivity index (χ1n) is 13.5. The minimum atomic E-state index is -0.369. The smallest absolute Gasteiger partial charge is 0.338 e. The summed E-state index contributed by atoms with van der Waals surface area (Å²) in [5, 5.41) is 2.95. The van der Waals surface area contributed by atoms with E-state index in [4.69, 9.17) is 4.74 Å². The van der Waals surface area contributed by atoms with Gasteiger partial charge in [0.2, 0.25) is 17.7 Å². The number of anilines is 1. The molecule has 6 atom stereocenters. The quantitative estimate of drug-likeness (QED) is 0.369. The van der Waals surface area contributed by atoms with Gasteiger partial charge in [-0.15, -0.1) is 0 Å². The van der Waals surface area contributed by atoms with Crippen LogP contribution in [0.5, 0.6) is 0 Å². The van der Waals surface area contributed by atoms with Gasteiger partial charge in [0, 0.05) is 17.6 Å². The molecule has 0 radical (unpaired) electrons. The van der Waals surface area contributed by atoms with Gasteiger partial charge < -0.3 is 10.1 Å². The molecule has 3 saturated carbocycles. The van der Waals surface area contributed by atoms with E-state index in [0.29, 0.717) is 55.4 Å². The van der Waals surface area contributed by atoms with Gasteiger partial charge in [0.1, 0.15) is 0 Å². The Bertz CT molecular complexity index is 1080. The normalized spacial score (nSPS) is 36.0. The number of hydrogen-bond donors (Lipinski definition) is 1. The Morgan fingerprint density at radius 2 is 1.53 bits per heavy atom. The van der Waals surface area contributed by atoms with Gasteiger partial charge in [-0.1, -0.05) is 26.0 Å². The first-order valence-corrected chi connectivity index (χ1v) is 13.5. The van der Waals surface area contributed by atoms with Gasteiger partial charge >= 0.3 is 5.97 Å². The minimum Gasteiger partial charge on any atom is -0.462 e. The fraction of sp³-hybridized carbons (Fsp3) is 0.586. The van der Waals surface area contributed by atoms with Crippen molar-refractivity contribution >= 4 is 29.4 Å². The van der Waals surface area contributed by atoms with Crippen LogP contribution in [0.15, 0.2) is 36.4 Å². The lowest BCUT2D eigenvalue weighted by Gasteiger charge is -2.37. The van der Waals surface area contributed by atoms with E-state index in [9.17, 15) is 19.2 Å².